The molecule has 1 heterocycles. The second-order valence-corrected chi connectivity index (χ2v) is 2.79. The maximum Gasteiger partial charge on any atom is 0.0840 e. The Kier molecular flexibility index (Phi) is 3.79. The zero-order chi connectivity index (χ0) is 8.10. The van der Waals surface area contributed by atoms with Crippen molar-refractivity contribution >= 4 is 0 Å². The molecule has 4 heteroatoms. The van der Waals surface area contributed by atoms with Crippen molar-refractivity contribution in [3.8, 4) is 0 Å². The predicted molar refractivity (Wildman–Crippen MR) is 44.0 cm³/mol. The first-order valence-electron chi connectivity index (χ1n) is 4.14. The molecule has 1 aliphatic heterocycles. The van der Waals surface area contributed by atoms with E-state index in [1.54, 1.807) is 0 Å². The molecule has 0 aromatic carbocycles. The van der Waals surface area contributed by atoms with Gasteiger partial charge in [-0.15, -0.1) is 0 Å². The summed E-state index contributed by atoms with van der Waals surface area (Å²) in [6, 6.07) is 0. The Balaban J connectivity index is 2.21. The molecule has 0 bridgehead atoms. The van der Waals surface area contributed by atoms with Crippen LogP contribution in [0.4, 0.5) is 0 Å². The zero-order valence-corrected chi connectivity index (χ0v) is 7.05. The third-order valence-electron chi connectivity index (χ3n) is 2.02. The first-order chi connectivity index (χ1) is 5.36. The van der Waals surface area contributed by atoms with E-state index in [2.05, 4.69) is 17.2 Å². The molecule has 1 unspecified atom stereocenters. The van der Waals surface area contributed by atoms with Gasteiger partial charge in [-0.3, -0.25) is 16.2 Å². The largest absolute Gasteiger partial charge is 0.374 e. The molecule has 0 aromatic rings. The molecule has 0 spiro atoms. The van der Waals surface area contributed by atoms with E-state index in [0.717, 1.165) is 32.8 Å². The van der Waals surface area contributed by atoms with E-state index in [-0.39, 0.29) is 6.10 Å². The van der Waals surface area contributed by atoms with E-state index >= 15 is 0 Å². The molecule has 0 saturated carbocycles. The average molecular weight is 159 g/mol. The van der Waals surface area contributed by atoms with Gasteiger partial charge in [-0.1, -0.05) is 6.92 Å². The fourth-order valence-electron chi connectivity index (χ4n) is 1.32. The van der Waals surface area contributed by atoms with Gasteiger partial charge in [0.15, 0.2) is 0 Å². The highest BCUT2D eigenvalue weighted by Gasteiger charge is 2.17. The monoisotopic (exact) mass is 159 g/mol. The third-order valence-corrected chi connectivity index (χ3v) is 2.02. The van der Waals surface area contributed by atoms with Crippen LogP contribution in [0, 0.1) is 0 Å². The predicted octanol–water partition coefficient (Wildman–Crippen LogP) is -0.830. The van der Waals surface area contributed by atoms with Crippen LogP contribution in [0.25, 0.3) is 0 Å². The first kappa shape index (κ1) is 8.93. The molecule has 1 fully saturated rings. The Hall–Kier alpha value is -0.160. The van der Waals surface area contributed by atoms with Crippen molar-refractivity contribution in [2.45, 2.75) is 13.0 Å². The molecule has 1 saturated heterocycles. The van der Waals surface area contributed by atoms with E-state index in [9.17, 15) is 0 Å². The number of likely N-dealkylation sites (N-methyl/N-ethyl adjacent to an activating group) is 1. The van der Waals surface area contributed by atoms with Gasteiger partial charge in [-0.2, -0.15) is 0 Å². The van der Waals surface area contributed by atoms with Crippen molar-refractivity contribution in [2.75, 3.05) is 32.8 Å². The summed E-state index contributed by atoms with van der Waals surface area (Å²) in [6.45, 7) is 6.90. The number of morpholine rings is 1. The van der Waals surface area contributed by atoms with Gasteiger partial charge in [0, 0.05) is 19.6 Å². The van der Waals surface area contributed by atoms with Crippen molar-refractivity contribution in [3.05, 3.63) is 0 Å². The van der Waals surface area contributed by atoms with Crippen LogP contribution in [0.3, 0.4) is 0 Å². The number of hydrogen-bond donors (Lipinski definition) is 2. The average Bonchev–Trinajstić information content (AvgIpc) is 2.06. The fourth-order valence-corrected chi connectivity index (χ4v) is 1.32. The van der Waals surface area contributed by atoms with E-state index in [4.69, 9.17) is 10.6 Å². The van der Waals surface area contributed by atoms with Gasteiger partial charge in [0.2, 0.25) is 0 Å². The van der Waals surface area contributed by atoms with Gasteiger partial charge in [0.1, 0.15) is 0 Å². The minimum atomic E-state index is 0.272. The van der Waals surface area contributed by atoms with Crippen LogP contribution in [0.15, 0.2) is 0 Å². The molecule has 1 aliphatic rings. The smallest absolute Gasteiger partial charge is 0.0840 e. The third kappa shape index (κ3) is 2.75. The maximum absolute atomic E-state index is 5.47. The van der Waals surface area contributed by atoms with E-state index in [0.29, 0.717) is 0 Å². The van der Waals surface area contributed by atoms with Gasteiger partial charge in [0.25, 0.3) is 0 Å². The minimum Gasteiger partial charge on any atom is -0.374 e. The summed E-state index contributed by atoms with van der Waals surface area (Å²) in [5.41, 5.74) is 2.63. The van der Waals surface area contributed by atoms with Gasteiger partial charge in [-0.05, 0) is 6.54 Å². The van der Waals surface area contributed by atoms with Crippen molar-refractivity contribution in [1.82, 2.24) is 10.3 Å². The van der Waals surface area contributed by atoms with Crippen LogP contribution in [0.1, 0.15) is 6.92 Å². The van der Waals surface area contributed by atoms with Crippen molar-refractivity contribution in [2.24, 2.45) is 5.84 Å². The lowest BCUT2D eigenvalue weighted by Crippen LogP contribution is -2.47. The zero-order valence-electron chi connectivity index (χ0n) is 7.05. The Morgan fingerprint density at radius 1 is 1.73 bits per heavy atom. The van der Waals surface area contributed by atoms with Crippen LogP contribution in [-0.4, -0.2) is 43.8 Å². The Labute approximate surface area is 67.7 Å². The van der Waals surface area contributed by atoms with Crippen LogP contribution in [-0.2, 0) is 4.74 Å². The number of nitrogens with zero attached hydrogens (tertiary/aromatic N) is 1. The summed E-state index contributed by atoms with van der Waals surface area (Å²) < 4.78 is 5.47. The minimum absolute atomic E-state index is 0.272. The second-order valence-electron chi connectivity index (χ2n) is 2.79. The maximum atomic E-state index is 5.47. The number of hydrogen-bond acceptors (Lipinski definition) is 4. The summed E-state index contributed by atoms with van der Waals surface area (Å²) in [7, 11) is 0. The molecular weight excluding hydrogens is 142 g/mol. The van der Waals surface area contributed by atoms with Gasteiger partial charge in [-0.25, -0.2) is 0 Å². The number of hydrazine groups is 1. The van der Waals surface area contributed by atoms with Gasteiger partial charge < -0.3 is 4.74 Å². The number of rotatable bonds is 3. The Bertz CT molecular complexity index is 108. The van der Waals surface area contributed by atoms with E-state index in [1.165, 1.54) is 0 Å². The fraction of sp³-hybridized carbons (Fsp3) is 1.00. The van der Waals surface area contributed by atoms with Crippen LogP contribution >= 0.6 is 0 Å². The summed E-state index contributed by atoms with van der Waals surface area (Å²) in [5, 5.41) is 0. The number of nitrogens with two attached hydrogens (primary N) is 1. The van der Waals surface area contributed by atoms with Crippen molar-refractivity contribution in [1.29, 1.82) is 0 Å². The highest BCUT2D eigenvalue weighted by Crippen LogP contribution is 2.02. The first-order valence-corrected chi connectivity index (χ1v) is 4.14. The molecule has 0 aliphatic carbocycles. The highest BCUT2D eigenvalue weighted by molar-refractivity contribution is 4.71. The molecule has 66 valence electrons. The van der Waals surface area contributed by atoms with Crippen LogP contribution < -0.4 is 11.3 Å². The molecule has 1 atom stereocenters. The second kappa shape index (κ2) is 4.66. The molecule has 11 heavy (non-hydrogen) atoms. The molecular formula is C7H17N3O. The number of ether oxygens (including phenoxy) is 1. The van der Waals surface area contributed by atoms with Crippen LogP contribution in [0.2, 0.25) is 0 Å². The lowest BCUT2D eigenvalue weighted by molar-refractivity contribution is -0.0251. The van der Waals surface area contributed by atoms with Gasteiger partial charge in [0.05, 0.1) is 12.7 Å². The Morgan fingerprint density at radius 2 is 2.55 bits per heavy atom. The number of nitrogens with one attached hydrogen (secondary N) is 1. The van der Waals surface area contributed by atoms with E-state index < -0.39 is 0 Å². The quantitative estimate of drug-likeness (QED) is 0.417. The molecule has 0 aromatic heterocycles. The SMILES string of the molecule is CCN1CCOC(CNN)C1. The molecule has 0 amide bonds. The lowest BCUT2D eigenvalue weighted by atomic mass is 10.3. The summed E-state index contributed by atoms with van der Waals surface area (Å²) in [5.74, 6) is 5.20. The summed E-state index contributed by atoms with van der Waals surface area (Å²) >= 11 is 0. The highest BCUT2D eigenvalue weighted by atomic mass is 16.5. The molecule has 3 N–H and O–H groups in total. The standard InChI is InChI=1S/C7H17N3O/c1-2-10-3-4-11-7(6-10)5-9-8/h7,9H,2-6,8H2,1H3. The Morgan fingerprint density at radius 3 is 3.18 bits per heavy atom. The molecule has 4 nitrogen and oxygen atoms in total. The molecule has 1 rings (SSSR count). The lowest BCUT2D eigenvalue weighted by Gasteiger charge is -2.31. The van der Waals surface area contributed by atoms with Crippen molar-refractivity contribution < 1.29 is 4.74 Å². The summed E-state index contributed by atoms with van der Waals surface area (Å²) in [4.78, 5) is 2.37. The molecule has 0 radical (unpaired) electrons. The van der Waals surface area contributed by atoms with Gasteiger partial charge >= 0.3 is 0 Å². The van der Waals surface area contributed by atoms with Crippen molar-refractivity contribution in [3.63, 3.8) is 0 Å². The summed E-state index contributed by atoms with van der Waals surface area (Å²) in [6.07, 6.45) is 0.272. The van der Waals surface area contributed by atoms with E-state index in [1.807, 2.05) is 0 Å². The normalized spacial score (nSPS) is 27.3. The van der Waals surface area contributed by atoms with Crippen LogP contribution in [0.5, 0.6) is 0 Å². The topological polar surface area (TPSA) is 50.5 Å².